The molecule has 4 aromatic rings. The van der Waals surface area contributed by atoms with Gasteiger partial charge in [0.2, 0.25) is 0 Å². The summed E-state index contributed by atoms with van der Waals surface area (Å²) in [6, 6.07) is 10.4. The summed E-state index contributed by atoms with van der Waals surface area (Å²) >= 11 is 0. The Bertz CT molecular complexity index is 1250. The number of Topliss-reactive ketones (excluding diaryl/α,β-unsaturated/α-hetero) is 1. The van der Waals surface area contributed by atoms with Crippen LogP contribution in [0.5, 0.6) is 5.75 Å². The standard InChI is InChI=1S/C21H19N5O5/c1-12(27)17-8-7-16(31-17)11-26-22-10-18(25-26)24-21(28)19-20(30-13(2)23-19)14-5-4-6-15(9-14)29-3/h4-10H,11H2,1-3H3,(H,24,25,28). The van der Waals surface area contributed by atoms with Gasteiger partial charge in [0.25, 0.3) is 5.91 Å². The third kappa shape index (κ3) is 4.37. The molecule has 0 bridgehead atoms. The number of furan rings is 1. The fourth-order valence-corrected chi connectivity index (χ4v) is 2.94. The average molecular weight is 421 g/mol. The number of benzene rings is 1. The summed E-state index contributed by atoms with van der Waals surface area (Å²) in [5, 5.41) is 11.0. The quantitative estimate of drug-likeness (QED) is 0.450. The number of rotatable bonds is 7. The molecule has 0 aliphatic heterocycles. The van der Waals surface area contributed by atoms with Crippen molar-refractivity contribution in [2.45, 2.75) is 20.4 Å². The van der Waals surface area contributed by atoms with Crippen LogP contribution in [0.15, 0.2) is 51.4 Å². The van der Waals surface area contributed by atoms with Gasteiger partial charge in [-0.15, -0.1) is 5.10 Å². The molecule has 3 heterocycles. The van der Waals surface area contributed by atoms with Gasteiger partial charge in [-0.25, -0.2) is 4.98 Å². The van der Waals surface area contributed by atoms with Crippen LogP contribution in [0.25, 0.3) is 11.3 Å². The molecule has 31 heavy (non-hydrogen) atoms. The lowest BCUT2D eigenvalue weighted by Gasteiger charge is -2.04. The Hall–Kier alpha value is -4.21. The van der Waals surface area contributed by atoms with Crippen LogP contribution in [-0.2, 0) is 6.54 Å². The molecular formula is C21H19N5O5. The number of oxazole rings is 1. The van der Waals surface area contributed by atoms with Crippen LogP contribution in [0, 0.1) is 6.92 Å². The highest BCUT2D eigenvalue weighted by atomic mass is 16.5. The lowest BCUT2D eigenvalue weighted by molar-refractivity contribution is 0.0983. The monoisotopic (exact) mass is 421 g/mol. The average Bonchev–Trinajstić information content (AvgIpc) is 3.48. The summed E-state index contributed by atoms with van der Waals surface area (Å²) in [6.07, 6.45) is 1.41. The van der Waals surface area contributed by atoms with Crippen molar-refractivity contribution >= 4 is 17.5 Å². The number of ketones is 1. The highest BCUT2D eigenvalue weighted by Gasteiger charge is 2.21. The molecule has 1 aromatic carbocycles. The zero-order chi connectivity index (χ0) is 22.0. The third-order valence-corrected chi connectivity index (χ3v) is 4.37. The van der Waals surface area contributed by atoms with Gasteiger partial charge < -0.3 is 18.9 Å². The molecule has 0 fully saturated rings. The minimum absolute atomic E-state index is 0.123. The van der Waals surface area contributed by atoms with Crippen molar-refractivity contribution in [2.24, 2.45) is 0 Å². The molecule has 0 saturated heterocycles. The van der Waals surface area contributed by atoms with Crippen molar-refractivity contribution < 1.29 is 23.2 Å². The predicted molar refractivity (Wildman–Crippen MR) is 109 cm³/mol. The summed E-state index contributed by atoms with van der Waals surface area (Å²) in [6.45, 7) is 3.30. The van der Waals surface area contributed by atoms with E-state index in [4.69, 9.17) is 13.6 Å². The van der Waals surface area contributed by atoms with Gasteiger partial charge in [0.1, 0.15) is 18.1 Å². The smallest absolute Gasteiger partial charge is 0.279 e. The van der Waals surface area contributed by atoms with E-state index in [1.54, 1.807) is 50.4 Å². The maximum atomic E-state index is 12.8. The second kappa shape index (κ2) is 8.27. The van der Waals surface area contributed by atoms with E-state index in [2.05, 4.69) is 20.5 Å². The summed E-state index contributed by atoms with van der Waals surface area (Å²) in [7, 11) is 1.56. The first kappa shape index (κ1) is 20.1. The third-order valence-electron chi connectivity index (χ3n) is 4.37. The molecule has 4 rings (SSSR count). The lowest BCUT2D eigenvalue weighted by Crippen LogP contribution is -2.14. The van der Waals surface area contributed by atoms with Crippen molar-refractivity contribution in [3.8, 4) is 17.1 Å². The first-order valence-electron chi connectivity index (χ1n) is 9.36. The molecule has 0 atom stereocenters. The zero-order valence-corrected chi connectivity index (χ0v) is 17.1. The van der Waals surface area contributed by atoms with Crippen molar-refractivity contribution in [3.05, 3.63) is 65.7 Å². The highest BCUT2D eigenvalue weighted by molar-refractivity contribution is 6.06. The van der Waals surface area contributed by atoms with Gasteiger partial charge in [0.05, 0.1) is 13.3 Å². The van der Waals surface area contributed by atoms with Crippen LogP contribution in [0.2, 0.25) is 0 Å². The van der Waals surface area contributed by atoms with E-state index in [1.807, 2.05) is 0 Å². The first-order valence-corrected chi connectivity index (χ1v) is 9.36. The van der Waals surface area contributed by atoms with Crippen molar-refractivity contribution in [1.82, 2.24) is 20.0 Å². The molecule has 158 valence electrons. The van der Waals surface area contributed by atoms with E-state index in [0.717, 1.165) is 0 Å². The van der Waals surface area contributed by atoms with Gasteiger partial charge in [-0.05, 0) is 24.3 Å². The zero-order valence-electron chi connectivity index (χ0n) is 17.1. The minimum Gasteiger partial charge on any atom is -0.497 e. The Morgan fingerprint density at radius 3 is 2.77 bits per heavy atom. The molecule has 0 aliphatic carbocycles. The number of hydrogen-bond donors (Lipinski definition) is 1. The highest BCUT2D eigenvalue weighted by Crippen LogP contribution is 2.28. The summed E-state index contributed by atoms with van der Waals surface area (Å²) in [4.78, 5) is 29.7. The molecule has 3 aromatic heterocycles. The number of anilines is 1. The van der Waals surface area contributed by atoms with Crippen LogP contribution in [0.3, 0.4) is 0 Å². The number of methoxy groups -OCH3 is 1. The van der Waals surface area contributed by atoms with Crippen LogP contribution in [0.1, 0.15) is 39.6 Å². The van der Waals surface area contributed by atoms with Crippen molar-refractivity contribution in [3.63, 3.8) is 0 Å². The molecule has 0 radical (unpaired) electrons. The number of aromatic nitrogens is 4. The number of ether oxygens (including phenoxy) is 1. The molecule has 1 N–H and O–H groups in total. The summed E-state index contributed by atoms with van der Waals surface area (Å²) < 4.78 is 16.3. The molecule has 1 amide bonds. The topological polar surface area (TPSA) is 125 Å². The van der Waals surface area contributed by atoms with Crippen molar-refractivity contribution in [1.29, 1.82) is 0 Å². The number of nitrogens with zero attached hydrogens (tertiary/aromatic N) is 4. The van der Waals surface area contributed by atoms with Crippen molar-refractivity contribution in [2.75, 3.05) is 12.4 Å². The molecular weight excluding hydrogens is 402 g/mol. The Morgan fingerprint density at radius 1 is 1.19 bits per heavy atom. The number of aryl methyl sites for hydroxylation is 1. The minimum atomic E-state index is -0.487. The normalized spacial score (nSPS) is 10.8. The van der Waals surface area contributed by atoms with Gasteiger partial charge in [-0.1, -0.05) is 12.1 Å². The second-order valence-corrected chi connectivity index (χ2v) is 6.68. The number of hydrogen-bond acceptors (Lipinski definition) is 8. The summed E-state index contributed by atoms with van der Waals surface area (Å²) in [5.41, 5.74) is 0.783. The number of carbonyl (C=O) groups excluding carboxylic acids is 2. The van der Waals surface area contributed by atoms with Crippen LogP contribution in [0.4, 0.5) is 5.82 Å². The van der Waals surface area contributed by atoms with E-state index in [9.17, 15) is 9.59 Å². The van der Waals surface area contributed by atoms with Gasteiger partial charge >= 0.3 is 0 Å². The Kier molecular flexibility index (Phi) is 5.35. The van der Waals surface area contributed by atoms with Crippen LogP contribution in [-0.4, -0.2) is 38.8 Å². The maximum Gasteiger partial charge on any atom is 0.279 e. The summed E-state index contributed by atoms with van der Waals surface area (Å²) in [5.74, 6) is 1.68. The molecule has 0 unspecified atom stereocenters. The van der Waals surface area contributed by atoms with Gasteiger partial charge in [-0.2, -0.15) is 9.90 Å². The SMILES string of the molecule is COc1cccc(-c2oc(C)nc2C(=O)Nc2cnn(Cc3ccc(C(C)=O)o3)n2)c1. The Morgan fingerprint density at radius 2 is 2.03 bits per heavy atom. The molecule has 0 spiro atoms. The van der Waals surface area contributed by atoms with Gasteiger partial charge in [0, 0.05) is 19.4 Å². The van der Waals surface area contributed by atoms with E-state index in [0.29, 0.717) is 28.7 Å². The fraction of sp³-hybridized carbons (Fsp3) is 0.190. The molecule has 10 nitrogen and oxygen atoms in total. The van der Waals surface area contributed by atoms with E-state index < -0.39 is 5.91 Å². The first-order chi connectivity index (χ1) is 14.9. The predicted octanol–water partition coefficient (Wildman–Crippen LogP) is 3.35. The second-order valence-electron chi connectivity index (χ2n) is 6.68. The lowest BCUT2D eigenvalue weighted by atomic mass is 10.1. The Labute approximate surface area is 176 Å². The van der Waals surface area contributed by atoms with E-state index >= 15 is 0 Å². The molecule has 0 saturated carbocycles. The number of carbonyl (C=O) groups is 2. The Balaban J connectivity index is 1.51. The maximum absolute atomic E-state index is 12.8. The molecule has 10 heteroatoms. The van der Waals surface area contributed by atoms with Crippen LogP contribution >= 0.6 is 0 Å². The largest absolute Gasteiger partial charge is 0.497 e. The fourth-order valence-electron chi connectivity index (χ4n) is 2.94. The van der Waals surface area contributed by atoms with E-state index in [-0.39, 0.29) is 29.6 Å². The number of nitrogens with one attached hydrogen (secondary N) is 1. The number of amides is 1. The molecule has 0 aliphatic rings. The van der Waals surface area contributed by atoms with Gasteiger partial charge in [-0.3, -0.25) is 9.59 Å². The van der Waals surface area contributed by atoms with Crippen LogP contribution < -0.4 is 10.1 Å². The van der Waals surface area contributed by atoms with Gasteiger partial charge in [0.15, 0.2) is 34.7 Å². The van der Waals surface area contributed by atoms with E-state index in [1.165, 1.54) is 17.9 Å².